The van der Waals surface area contributed by atoms with Crippen LogP contribution < -0.4 is 4.74 Å². The number of benzene rings is 2. The van der Waals surface area contributed by atoms with Gasteiger partial charge in [0, 0.05) is 26.7 Å². The van der Waals surface area contributed by atoms with Crippen LogP contribution in [0.1, 0.15) is 24.5 Å². The zero-order valence-electron chi connectivity index (χ0n) is 21.2. The van der Waals surface area contributed by atoms with Crippen molar-refractivity contribution < 1.29 is 32.2 Å². The number of carbonyl (C=O) groups excluding carboxylic acids is 2. The summed E-state index contributed by atoms with van der Waals surface area (Å²) in [5.74, 6) is -0.0790. The van der Waals surface area contributed by atoms with Gasteiger partial charge in [0.1, 0.15) is 18.4 Å². The Morgan fingerprint density at radius 3 is 2.19 bits per heavy atom. The average molecular weight is 520 g/mol. The Hall–Kier alpha value is -3.15. The summed E-state index contributed by atoms with van der Waals surface area (Å²) >= 11 is 0. The minimum absolute atomic E-state index is 0.0116. The molecule has 1 aliphatic rings. The van der Waals surface area contributed by atoms with Gasteiger partial charge >= 0.3 is 12.1 Å². The molecular formula is C25H33N3O7S. The molecule has 2 aromatic rings. The van der Waals surface area contributed by atoms with Gasteiger partial charge in [0.25, 0.3) is 10.2 Å². The summed E-state index contributed by atoms with van der Waals surface area (Å²) in [6.07, 6.45) is -0.487. The maximum atomic E-state index is 13.4. The third-order valence-corrected chi connectivity index (χ3v) is 8.12. The summed E-state index contributed by atoms with van der Waals surface area (Å²) < 4.78 is 44.9. The summed E-state index contributed by atoms with van der Waals surface area (Å²) in [5.41, 5.74) is 1.49. The van der Waals surface area contributed by atoms with Crippen molar-refractivity contribution in [1.29, 1.82) is 0 Å². The van der Waals surface area contributed by atoms with Crippen molar-refractivity contribution in [2.24, 2.45) is 0 Å². The molecule has 1 heterocycles. The van der Waals surface area contributed by atoms with E-state index in [1.54, 1.807) is 38.3 Å². The van der Waals surface area contributed by atoms with E-state index in [0.717, 1.165) is 9.87 Å². The summed E-state index contributed by atoms with van der Waals surface area (Å²) in [5, 5.41) is 0. The Bertz CT molecular complexity index is 1140. The van der Waals surface area contributed by atoms with E-state index in [0.29, 0.717) is 11.3 Å². The number of esters is 1. The lowest BCUT2D eigenvalue weighted by Gasteiger charge is -2.34. The molecular weight excluding hydrogens is 486 g/mol. The van der Waals surface area contributed by atoms with Gasteiger partial charge in [-0.3, -0.25) is 4.90 Å². The van der Waals surface area contributed by atoms with Crippen molar-refractivity contribution in [3.8, 4) is 5.75 Å². The normalized spacial score (nSPS) is 20.0. The summed E-state index contributed by atoms with van der Waals surface area (Å²) in [6.45, 7) is 1.77. The molecule has 1 aliphatic heterocycles. The maximum Gasteiger partial charge on any atom is 0.411 e. The van der Waals surface area contributed by atoms with Crippen LogP contribution in [0.3, 0.4) is 0 Å². The van der Waals surface area contributed by atoms with Crippen molar-refractivity contribution in [3.05, 3.63) is 65.7 Å². The Balaban J connectivity index is 1.94. The Kier molecular flexibility index (Phi) is 8.93. The van der Waals surface area contributed by atoms with E-state index in [1.807, 2.05) is 30.3 Å². The Labute approximate surface area is 212 Å². The lowest BCUT2D eigenvalue weighted by atomic mass is 10.1. The van der Waals surface area contributed by atoms with Crippen molar-refractivity contribution >= 4 is 22.3 Å². The fraction of sp³-hybridized carbons (Fsp3) is 0.440. The molecule has 10 nitrogen and oxygen atoms in total. The molecule has 196 valence electrons. The number of rotatable bonds is 9. The van der Waals surface area contributed by atoms with Gasteiger partial charge in [-0.2, -0.15) is 17.0 Å². The highest BCUT2D eigenvalue weighted by molar-refractivity contribution is 7.86. The smallest absolute Gasteiger partial charge is 0.411 e. The molecule has 3 rings (SSSR count). The second kappa shape index (κ2) is 11.7. The average Bonchev–Trinajstić information content (AvgIpc) is 3.22. The van der Waals surface area contributed by atoms with Crippen LogP contribution in [0.2, 0.25) is 0 Å². The fourth-order valence-corrected chi connectivity index (χ4v) is 5.57. The molecule has 0 spiro atoms. The summed E-state index contributed by atoms with van der Waals surface area (Å²) in [6, 6.07) is 13.6. The van der Waals surface area contributed by atoms with Crippen LogP contribution in [-0.4, -0.2) is 80.4 Å². The number of likely N-dealkylation sites (tertiary alicyclic amines) is 1. The van der Waals surface area contributed by atoms with Crippen LogP contribution in [0, 0.1) is 0 Å². The predicted octanol–water partition coefficient (Wildman–Crippen LogP) is 2.64. The summed E-state index contributed by atoms with van der Waals surface area (Å²) in [7, 11) is 1.62. The summed E-state index contributed by atoms with van der Waals surface area (Å²) in [4.78, 5) is 27.4. The van der Waals surface area contributed by atoms with Crippen molar-refractivity contribution in [3.63, 3.8) is 0 Å². The molecule has 0 unspecified atom stereocenters. The molecule has 0 radical (unpaired) electrons. The first-order valence-electron chi connectivity index (χ1n) is 11.5. The van der Waals surface area contributed by atoms with E-state index >= 15 is 0 Å². The SMILES string of the molecule is COC(=O)[C@H]1[C@@H](N(Cc2ccc(OC)cc2)S(=O)(=O)N(C)C)C[C@@H](C)N1C(=O)OCc1ccccc1. The first-order chi connectivity index (χ1) is 17.1. The first kappa shape index (κ1) is 27.4. The Morgan fingerprint density at radius 1 is 1.00 bits per heavy atom. The molecule has 3 atom stereocenters. The minimum atomic E-state index is -3.99. The second-order valence-electron chi connectivity index (χ2n) is 8.75. The molecule has 0 bridgehead atoms. The lowest BCUT2D eigenvalue weighted by molar-refractivity contribution is -0.147. The molecule has 0 aromatic heterocycles. The second-order valence-corrected chi connectivity index (χ2v) is 10.8. The molecule has 36 heavy (non-hydrogen) atoms. The molecule has 1 fully saturated rings. The molecule has 2 aromatic carbocycles. The molecule has 0 aliphatic carbocycles. The Morgan fingerprint density at radius 2 is 1.64 bits per heavy atom. The van der Waals surface area contributed by atoms with Gasteiger partial charge < -0.3 is 14.2 Å². The van der Waals surface area contributed by atoms with Crippen molar-refractivity contribution in [2.75, 3.05) is 28.3 Å². The minimum Gasteiger partial charge on any atom is -0.497 e. The van der Waals surface area contributed by atoms with Crippen LogP contribution in [0.15, 0.2) is 54.6 Å². The van der Waals surface area contributed by atoms with Gasteiger partial charge in [0.05, 0.1) is 20.3 Å². The maximum absolute atomic E-state index is 13.4. The third-order valence-electron chi connectivity index (χ3n) is 6.21. The molecule has 0 saturated carbocycles. The fourth-order valence-electron chi connectivity index (χ4n) is 4.30. The standard InChI is InChI=1S/C25H33N3O7S/c1-18-15-22(27(36(31,32)26(2)3)16-19-11-13-21(33-4)14-12-19)23(24(29)34-5)28(18)25(30)35-17-20-9-7-6-8-10-20/h6-14,18,22-23H,15-17H2,1-5H3/t18-,22+,23-/m1/s1. The van der Waals surface area contributed by atoms with Gasteiger partial charge in [-0.25, -0.2) is 9.59 Å². The number of carbonyl (C=O) groups is 2. The van der Waals surface area contributed by atoms with E-state index in [9.17, 15) is 18.0 Å². The number of methoxy groups -OCH3 is 2. The molecule has 0 N–H and O–H groups in total. The zero-order valence-corrected chi connectivity index (χ0v) is 22.0. The highest BCUT2D eigenvalue weighted by atomic mass is 32.2. The quantitative estimate of drug-likeness (QED) is 0.469. The monoisotopic (exact) mass is 519 g/mol. The number of hydrogen-bond acceptors (Lipinski definition) is 7. The number of ether oxygens (including phenoxy) is 3. The van der Waals surface area contributed by atoms with Crippen LogP contribution in [0.25, 0.3) is 0 Å². The zero-order chi connectivity index (χ0) is 26.5. The van der Waals surface area contributed by atoms with Crippen LogP contribution in [-0.2, 0) is 37.6 Å². The highest BCUT2D eigenvalue weighted by Gasteiger charge is 2.52. The van der Waals surface area contributed by atoms with Crippen LogP contribution >= 0.6 is 0 Å². The number of hydrogen-bond donors (Lipinski definition) is 0. The predicted molar refractivity (Wildman–Crippen MR) is 133 cm³/mol. The van der Waals surface area contributed by atoms with Gasteiger partial charge in [0.15, 0.2) is 0 Å². The van der Waals surface area contributed by atoms with Crippen molar-refractivity contribution in [2.45, 2.75) is 44.6 Å². The van der Waals surface area contributed by atoms with Gasteiger partial charge in [-0.15, -0.1) is 0 Å². The topological polar surface area (TPSA) is 106 Å². The van der Waals surface area contributed by atoms with E-state index in [4.69, 9.17) is 14.2 Å². The first-order valence-corrected chi connectivity index (χ1v) is 12.9. The molecule has 11 heteroatoms. The third kappa shape index (κ3) is 5.97. The van der Waals surface area contributed by atoms with E-state index in [2.05, 4.69) is 0 Å². The lowest BCUT2D eigenvalue weighted by Crippen LogP contribution is -2.55. The number of nitrogens with zero attached hydrogens (tertiary/aromatic N) is 3. The van der Waals surface area contributed by atoms with Crippen molar-refractivity contribution in [1.82, 2.24) is 13.5 Å². The van der Waals surface area contributed by atoms with Crippen LogP contribution in [0.5, 0.6) is 5.75 Å². The van der Waals surface area contributed by atoms with Crippen LogP contribution in [0.4, 0.5) is 4.79 Å². The van der Waals surface area contributed by atoms with Gasteiger partial charge in [0.2, 0.25) is 0 Å². The van der Waals surface area contributed by atoms with Gasteiger partial charge in [-0.1, -0.05) is 42.5 Å². The van der Waals surface area contributed by atoms with Gasteiger partial charge in [-0.05, 0) is 36.6 Å². The highest BCUT2D eigenvalue weighted by Crippen LogP contribution is 2.33. The van der Waals surface area contributed by atoms with E-state index in [-0.39, 0.29) is 19.6 Å². The molecule has 1 amide bonds. The van der Waals surface area contributed by atoms with E-state index < -0.39 is 40.4 Å². The molecule has 1 saturated heterocycles. The largest absolute Gasteiger partial charge is 0.497 e. The van der Waals surface area contributed by atoms with E-state index in [1.165, 1.54) is 30.4 Å². The number of amides is 1.